The summed E-state index contributed by atoms with van der Waals surface area (Å²) in [6.07, 6.45) is 1.58. The van der Waals surface area contributed by atoms with Gasteiger partial charge in [0.1, 0.15) is 0 Å². The Bertz CT molecular complexity index is 380. The highest BCUT2D eigenvalue weighted by Gasteiger charge is 2.21. The molecule has 0 saturated heterocycles. The van der Waals surface area contributed by atoms with Gasteiger partial charge in [-0.25, -0.2) is 0 Å². The maximum absolute atomic E-state index is 6.29. The van der Waals surface area contributed by atoms with Crippen molar-refractivity contribution in [1.82, 2.24) is 5.32 Å². The number of nitrogens with one attached hydrogen (secondary N) is 1. The zero-order valence-corrected chi connectivity index (χ0v) is 13.0. The molecular formula is C15H24ClNO2. The molecule has 0 radical (unpaired) electrons. The zero-order chi connectivity index (χ0) is 14.3. The van der Waals surface area contributed by atoms with Gasteiger partial charge in [-0.2, -0.15) is 0 Å². The SMILES string of the molecule is CCCNC(Cc1ccc(C)cc1Cl)C(OC)OC. The van der Waals surface area contributed by atoms with Crippen LogP contribution in [0.5, 0.6) is 0 Å². The van der Waals surface area contributed by atoms with Gasteiger partial charge >= 0.3 is 0 Å². The van der Waals surface area contributed by atoms with Crippen LogP contribution in [0.25, 0.3) is 0 Å². The van der Waals surface area contributed by atoms with Crippen molar-refractivity contribution in [2.24, 2.45) is 0 Å². The van der Waals surface area contributed by atoms with Crippen LogP contribution < -0.4 is 5.32 Å². The third-order valence-electron chi connectivity index (χ3n) is 3.10. The predicted octanol–water partition coefficient (Wildman–Crippen LogP) is 3.18. The van der Waals surface area contributed by atoms with E-state index in [4.69, 9.17) is 21.1 Å². The van der Waals surface area contributed by atoms with E-state index in [0.717, 1.165) is 30.0 Å². The minimum atomic E-state index is -0.274. The van der Waals surface area contributed by atoms with E-state index in [9.17, 15) is 0 Å². The number of aryl methyl sites for hydroxylation is 1. The lowest BCUT2D eigenvalue weighted by atomic mass is 10.0. The van der Waals surface area contributed by atoms with Crippen LogP contribution in [0.3, 0.4) is 0 Å². The molecule has 108 valence electrons. The van der Waals surface area contributed by atoms with Gasteiger partial charge in [-0.1, -0.05) is 30.7 Å². The molecule has 0 fully saturated rings. The molecule has 0 amide bonds. The molecule has 1 N–H and O–H groups in total. The van der Waals surface area contributed by atoms with Crippen molar-refractivity contribution < 1.29 is 9.47 Å². The highest BCUT2D eigenvalue weighted by atomic mass is 35.5. The molecular weight excluding hydrogens is 262 g/mol. The van der Waals surface area contributed by atoms with Gasteiger partial charge < -0.3 is 14.8 Å². The van der Waals surface area contributed by atoms with Crippen LogP contribution in [0.2, 0.25) is 5.02 Å². The van der Waals surface area contributed by atoms with Crippen LogP contribution in [0.4, 0.5) is 0 Å². The Hall–Kier alpha value is -0.610. The molecule has 3 nitrogen and oxygen atoms in total. The quantitative estimate of drug-likeness (QED) is 0.744. The molecule has 0 aliphatic carbocycles. The molecule has 0 saturated carbocycles. The van der Waals surface area contributed by atoms with Crippen molar-refractivity contribution in [3.8, 4) is 0 Å². The fourth-order valence-electron chi connectivity index (χ4n) is 2.07. The van der Waals surface area contributed by atoms with Gasteiger partial charge in [0.2, 0.25) is 0 Å². The zero-order valence-electron chi connectivity index (χ0n) is 12.2. The lowest BCUT2D eigenvalue weighted by Gasteiger charge is -2.26. The summed E-state index contributed by atoms with van der Waals surface area (Å²) >= 11 is 6.29. The molecule has 1 aromatic carbocycles. The Labute approximate surface area is 121 Å². The fourth-order valence-corrected chi connectivity index (χ4v) is 2.39. The summed E-state index contributed by atoms with van der Waals surface area (Å²) in [7, 11) is 3.32. The average Bonchev–Trinajstić information content (AvgIpc) is 2.39. The van der Waals surface area contributed by atoms with Crippen molar-refractivity contribution >= 4 is 11.6 Å². The Morgan fingerprint density at radius 2 is 1.95 bits per heavy atom. The summed E-state index contributed by atoms with van der Waals surface area (Å²) in [5.41, 5.74) is 2.28. The van der Waals surface area contributed by atoms with Gasteiger partial charge in [0, 0.05) is 19.2 Å². The minimum Gasteiger partial charge on any atom is -0.354 e. The Balaban J connectivity index is 2.80. The third kappa shape index (κ3) is 5.11. The molecule has 1 rings (SSSR count). The molecule has 1 unspecified atom stereocenters. The number of rotatable bonds is 8. The lowest BCUT2D eigenvalue weighted by Crippen LogP contribution is -2.44. The second-order valence-corrected chi connectivity index (χ2v) is 5.11. The third-order valence-corrected chi connectivity index (χ3v) is 3.45. The number of halogens is 1. The van der Waals surface area contributed by atoms with E-state index in [-0.39, 0.29) is 12.3 Å². The van der Waals surface area contributed by atoms with Crippen molar-refractivity contribution in [2.75, 3.05) is 20.8 Å². The fraction of sp³-hybridized carbons (Fsp3) is 0.600. The van der Waals surface area contributed by atoms with Gasteiger partial charge in [0.15, 0.2) is 6.29 Å². The Kier molecular flexibility index (Phi) is 7.39. The second kappa shape index (κ2) is 8.54. The molecule has 0 spiro atoms. The standard InChI is InChI=1S/C15H24ClNO2/c1-5-8-17-14(15(18-3)19-4)10-12-7-6-11(2)9-13(12)16/h6-7,9,14-15,17H,5,8,10H2,1-4H3. The average molecular weight is 286 g/mol. The maximum Gasteiger partial charge on any atom is 0.172 e. The van der Waals surface area contributed by atoms with Gasteiger partial charge in [-0.3, -0.25) is 0 Å². The highest BCUT2D eigenvalue weighted by molar-refractivity contribution is 6.31. The lowest BCUT2D eigenvalue weighted by molar-refractivity contribution is -0.122. The first-order valence-corrected chi connectivity index (χ1v) is 7.04. The summed E-state index contributed by atoms with van der Waals surface area (Å²) in [5, 5.41) is 4.25. The van der Waals surface area contributed by atoms with Crippen molar-refractivity contribution in [2.45, 2.75) is 39.0 Å². The molecule has 0 aliphatic heterocycles. The molecule has 4 heteroatoms. The smallest absolute Gasteiger partial charge is 0.172 e. The van der Waals surface area contributed by atoms with E-state index in [1.165, 1.54) is 5.56 Å². The number of hydrogen-bond donors (Lipinski definition) is 1. The first kappa shape index (κ1) is 16.4. The van der Waals surface area contributed by atoms with E-state index in [0.29, 0.717) is 0 Å². The molecule has 0 aliphatic rings. The summed E-state index contributed by atoms with van der Waals surface area (Å²) in [5.74, 6) is 0. The normalized spacial score (nSPS) is 12.9. The van der Waals surface area contributed by atoms with Crippen LogP contribution in [0, 0.1) is 6.92 Å². The van der Waals surface area contributed by atoms with Crippen LogP contribution in [0.1, 0.15) is 24.5 Å². The summed E-state index contributed by atoms with van der Waals surface area (Å²) in [6, 6.07) is 6.23. The van der Waals surface area contributed by atoms with E-state index in [1.54, 1.807) is 14.2 Å². The molecule has 1 atom stereocenters. The van der Waals surface area contributed by atoms with Gasteiger partial charge in [0.25, 0.3) is 0 Å². The van der Waals surface area contributed by atoms with Crippen LogP contribution in [0.15, 0.2) is 18.2 Å². The van der Waals surface area contributed by atoms with Crippen molar-refractivity contribution in [1.29, 1.82) is 0 Å². The topological polar surface area (TPSA) is 30.5 Å². The van der Waals surface area contributed by atoms with Gasteiger partial charge in [-0.05, 0) is 43.5 Å². The largest absolute Gasteiger partial charge is 0.354 e. The van der Waals surface area contributed by atoms with Gasteiger partial charge in [-0.15, -0.1) is 0 Å². The maximum atomic E-state index is 6.29. The number of ether oxygens (including phenoxy) is 2. The minimum absolute atomic E-state index is 0.0927. The monoisotopic (exact) mass is 285 g/mol. The van der Waals surface area contributed by atoms with E-state index >= 15 is 0 Å². The summed E-state index contributed by atoms with van der Waals surface area (Å²) in [6.45, 7) is 5.10. The van der Waals surface area contributed by atoms with Crippen LogP contribution in [-0.2, 0) is 15.9 Å². The van der Waals surface area contributed by atoms with Crippen LogP contribution >= 0.6 is 11.6 Å². The number of hydrogen-bond acceptors (Lipinski definition) is 3. The molecule has 0 bridgehead atoms. The molecule has 0 heterocycles. The molecule has 0 aromatic heterocycles. The first-order valence-electron chi connectivity index (χ1n) is 6.66. The van der Waals surface area contributed by atoms with Crippen LogP contribution in [-0.4, -0.2) is 33.1 Å². The Morgan fingerprint density at radius 3 is 2.47 bits per heavy atom. The molecule has 1 aromatic rings. The summed E-state index contributed by atoms with van der Waals surface area (Å²) < 4.78 is 10.7. The predicted molar refractivity (Wildman–Crippen MR) is 79.8 cm³/mol. The first-order chi connectivity index (χ1) is 9.12. The van der Waals surface area contributed by atoms with Crippen molar-refractivity contribution in [3.05, 3.63) is 34.3 Å². The second-order valence-electron chi connectivity index (χ2n) is 4.70. The van der Waals surface area contributed by atoms with E-state index < -0.39 is 0 Å². The van der Waals surface area contributed by atoms with Gasteiger partial charge in [0.05, 0.1) is 6.04 Å². The molecule has 19 heavy (non-hydrogen) atoms. The van der Waals surface area contributed by atoms with Crippen molar-refractivity contribution in [3.63, 3.8) is 0 Å². The Morgan fingerprint density at radius 1 is 1.26 bits per heavy atom. The summed E-state index contributed by atoms with van der Waals surface area (Å²) in [4.78, 5) is 0. The number of benzene rings is 1. The highest BCUT2D eigenvalue weighted by Crippen LogP contribution is 2.20. The van der Waals surface area contributed by atoms with E-state index in [2.05, 4.69) is 24.4 Å². The van der Waals surface area contributed by atoms with E-state index in [1.807, 2.05) is 13.0 Å². The number of methoxy groups -OCH3 is 2.